The molecule has 0 saturated carbocycles. The molecule has 236 valence electrons. The fourth-order valence-electron chi connectivity index (χ4n) is 4.00. The topological polar surface area (TPSA) is 181 Å². The first-order valence-electron chi connectivity index (χ1n) is 12.6. The number of H-pyrrole nitrogens is 1. The number of carbonyl (C=O) groups is 2. The smallest absolute Gasteiger partial charge is 0.475 e. The number of para-hydroxylation sites is 1. The number of nitrogens with one attached hydrogen (secondary N) is 3. The Kier molecular flexibility index (Phi) is 10.9. The number of thiazole rings is 1. The Hall–Kier alpha value is -3.97. The van der Waals surface area contributed by atoms with Crippen molar-refractivity contribution in [3.63, 3.8) is 0 Å². The lowest BCUT2D eigenvalue weighted by atomic mass is 10.1. The molecule has 3 aromatic rings. The van der Waals surface area contributed by atoms with Gasteiger partial charge in [-0.25, -0.2) is 14.6 Å². The summed E-state index contributed by atoms with van der Waals surface area (Å²) in [6, 6.07) is 8.10. The van der Waals surface area contributed by atoms with Gasteiger partial charge in [0.1, 0.15) is 16.4 Å². The summed E-state index contributed by atoms with van der Waals surface area (Å²) in [7, 11) is 0. The monoisotopic (exact) mass is 640 g/mol. The lowest BCUT2D eigenvalue weighted by molar-refractivity contribution is -0.193. The fraction of sp³-hybridized carbons (Fsp3) is 0.458. The van der Waals surface area contributed by atoms with E-state index in [0.717, 1.165) is 36.1 Å². The average Bonchev–Trinajstić information content (AvgIpc) is 3.55. The number of carboxylic acids is 2. The molecule has 0 bridgehead atoms. The number of hydrogen-bond acceptors (Lipinski definition) is 10. The summed E-state index contributed by atoms with van der Waals surface area (Å²) in [6.07, 6.45) is -7.76. The van der Waals surface area contributed by atoms with Gasteiger partial charge in [-0.05, 0) is 37.9 Å². The van der Waals surface area contributed by atoms with Crippen molar-refractivity contribution in [2.45, 2.75) is 43.8 Å². The summed E-state index contributed by atoms with van der Waals surface area (Å²) in [5.74, 6) is -4.44. The number of halogens is 6. The lowest BCUT2D eigenvalue weighted by Crippen LogP contribution is -2.39. The van der Waals surface area contributed by atoms with E-state index in [-0.39, 0.29) is 17.7 Å². The number of hydrogen-bond donors (Lipinski definition) is 6. The third-order valence-corrected chi connectivity index (χ3v) is 7.05. The first-order chi connectivity index (χ1) is 20.1. The molecule has 4 heterocycles. The van der Waals surface area contributed by atoms with Crippen molar-refractivity contribution in [1.29, 1.82) is 0 Å². The van der Waals surface area contributed by atoms with Crippen molar-refractivity contribution in [2.24, 2.45) is 0 Å². The molecule has 2 saturated heterocycles. The van der Waals surface area contributed by atoms with Gasteiger partial charge in [-0.2, -0.15) is 31.3 Å². The maximum atomic E-state index is 13.1. The van der Waals surface area contributed by atoms with Crippen LogP contribution < -0.4 is 21.1 Å². The Morgan fingerprint density at radius 1 is 1.02 bits per heavy atom. The molecule has 43 heavy (non-hydrogen) atoms. The first-order valence-corrected chi connectivity index (χ1v) is 13.4. The second-order valence-electron chi connectivity index (χ2n) is 9.28. The van der Waals surface area contributed by atoms with Crippen LogP contribution in [0.4, 0.5) is 38.1 Å². The van der Waals surface area contributed by atoms with Crippen LogP contribution in [0.5, 0.6) is 0 Å². The van der Waals surface area contributed by atoms with E-state index in [4.69, 9.17) is 24.8 Å². The van der Waals surface area contributed by atoms with Crippen LogP contribution in [0, 0.1) is 0 Å². The number of piperidine rings is 1. The number of anilines is 2. The first kappa shape index (κ1) is 33.5. The predicted molar refractivity (Wildman–Crippen MR) is 143 cm³/mol. The van der Waals surface area contributed by atoms with Gasteiger partial charge in [-0.15, -0.1) is 11.3 Å². The molecule has 19 heteroatoms. The van der Waals surface area contributed by atoms with Gasteiger partial charge in [-0.3, -0.25) is 9.78 Å². The molecule has 2 atom stereocenters. The van der Waals surface area contributed by atoms with Crippen LogP contribution in [-0.2, 0) is 9.59 Å². The molecule has 0 radical (unpaired) electrons. The maximum absolute atomic E-state index is 13.1. The lowest BCUT2D eigenvalue weighted by Gasteiger charge is -2.26. The Morgan fingerprint density at radius 3 is 2.16 bits per heavy atom. The van der Waals surface area contributed by atoms with E-state index < -0.39 is 24.3 Å². The number of fused-ring (bicyclic) bond motifs is 1. The molecule has 2 aromatic heterocycles. The SMILES string of the molecule is O=C(O)C(F)(F)F.O=C(O)C(F)(F)F.O=c1[nH]c(N2CC[C@H](O)C2)nc(N[C@@H]2CCCNC2)c1-c1nc2ccccc2s1. The number of aliphatic carboxylic acids is 2. The summed E-state index contributed by atoms with van der Waals surface area (Å²) in [6.45, 7) is 3.01. The Labute approximate surface area is 242 Å². The summed E-state index contributed by atoms with van der Waals surface area (Å²) >= 11 is 1.50. The Balaban J connectivity index is 0.000000303. The highest BCUT2D eigenvalue weighted by atomic mass is 32.1. The second-order valence-corrected chi connectivity index (χ2v) is 10.3. The molecule has 2 fully saturated rings. The van der Waals surface area contributed by atoms with Crippen molar-refractivity contribution in [2.75, 3.05) is 36.4 Å². The molecule has 0 amide bonds. The number of aliphatic hydroxyl groups is 1. The number of aromatic amines is 1. The molecule has 2 aliphatic rings. The van der Waals surface area contributed by atoms with Gasteiger partial charge in [0.25, 0.3) is 5.56 Å². The van der Waals surface area contributed by atoms with Crippen molar-refractivity contribution in [3.8, 4) is 10.6 Å². The molecule has 0 unspecified atom stereocenters. The summed E-state index contributed by atoms with van der Waals surface area (Å²) < 4.78 is 64.5. The van der Waals surface area contributed by atoms with Crippen LogP contribution in [0.2, 0.25) is 0 Å². The van der Waals surface area contributed by atoms with E-state index >= 15 is 0 Å². The zero-order chi connectivity index (χ0) is 31.9. The van der Waals surface area contributed by atoms with Crippen molar-refractivity contribution in [3.05, 3.63) is 34.6 Å². The minimum atomic E-state index is -5.08. The average molecular weight is 641 g/mol. The standard InChI is InChI=1S/C20H24N6O2S.2C2HF3O2/c27-13-7-9-26(11-13)20-24-17(22-12-4-3-8-21-10-12)16(18(28)25-20)19-23-14-5-1-2-6-15(14)29-19;2*3-2(4,5)1(6)7/h1-2,5-6,12-13,21,27H,3-4,7-11H2,(H2,22,24,25,28);2*(H,6,7)/t12-,13+;;/m1../s1. The molecule has 5 rings (SSSR count). The van der Waals surface area contributed by atoms with Crippen LogP contribution in [0.25, 0.3) is 20.8 Å². The third-order valence-electron chi connectivity index (χ3n) is 6.00. The van der Waals surface area contributed by atoms with Crippen LogP contribution in [0.15, 0.2) is 29.1 Å². The Bertz CT molecular complexity index is 1420. The predicted octanol–water partition coefficient (Wildman–Crippen LogP) is 3.05. The molecule has 2 aliphatic heterocycles. The molecular weight excluding hydrogens is 614 g/mol. The van der Waals surface area contributed by atoms with Gasteiger partial charge in [0.05, 0.1) is 16.3 Å². The van der Waals surface area contributed by atoms with Crippen LogP contribution >= 0.6 is 11.3 Å². The Morgan fingerprint density at radius 2 is 1.65 bits per heavy atom. The highest BCUT2D eigenvalue weighted by Gasteiger charge is 2.39. The summed E-state index contributed by atoms with van der Waals surface area (Å²) in [5, 5.41) is 31.7. The van der Waals surface area contributed by atoms with E-state index in [9.17, 15) is 36.2 Å². The molecule has 6 N–H and O–H groups in total. The summed E-state index contributed by atoms with van der Waals surface area (Å²) in [5.41, 5.74) is 1.16. The second kappa shape index (κ2) is 14.0. The highest BCUT2D eigenvalue weighted by Crippen LogP contribution is 2.33. The zero-order valence-corrected chi connectivity index (χ0v) is 22.8. The number of aromatic nitrogens is 3. The number of aliphatic hydroxyl groups excluding tert-OH is 1. The fourth-order valence-corrected chi connectivity index (χ4v) is 5.00. The number of carboxylic acid groups (broad SMARTS) is 2. The van der Waals surface area contributed by atoms with Gasteiger partial charge in [0, 0.05) is 25.7 Å². The third kappa shape index (κ3) is 9.52. The van der Waals surface area contributed by atoms with E-state index in [1.165, 1.54) is 11.3 Å². The highest BCUT2D eigenvalue weighted by molar-refractivity contribution is 7.21. The number of β-amino-alcohol motifs (C(OH)–C–C–N with tert-alkyl or cyclic N) is 1. The minimum absolute atomic E-state index is 0.207. The van der Waals surface area contributed by atoms with E-state index in [1.807, 2.05) is 29.2 Å². The number of rotatable bonds is 4. The van der Waals surface area contributed by atoms with E-state index in [1.54, 1.807) is 0 Å². The van der Waals surface area contributed by atoms with Gasteiger partial charge in [0.15, 0.2) is 0 Å². The number of alkyl halides is 6. The van der Waals surface area contributed by atoms with Gasteiger partial charge in [-0.1, -0.05) is 12.1 Å². The van der Waals surface area contributed by atoms with Crippen molar-refractivity contribution in [1.82, 2.24) is 20.3 Å². The van der Waals surface area contributed by atoms with Crippen molar-refractivity contribution < 1.29 is 51.3 Å². The van der Waals surface area contributed by atoms with Gasteiger partial charge in [0.2, 0.25) is 5.95 Å². The molecular formula is C24H26F6N6O6S. The largest absolute Gasteiger partial charge is 0.490 e. The molecule has 12 nitrogen and oxygen atoms in total. The van der Waals surface area contributed by atoms with Crippen LogP contribution in [0.3, 0.4) is 0 Å². The van der Waals surface area contributed by atoms with Gasteiger partial charge >= 0.3 is 24.3 Å². The summed E-state index contributed by atoms with van der Waals surface area (Å²) in [4.78, 5) is 45.2. The zero-order valence-electron chi connectivity index (χ0n) is 22.0. The van der Waals surface area contributed by atoms with Crippen LogP contribution in [0.1, 0.15) is 19.3 Å². The van der Waals surface area contributed by atoms with Crippen LogP contribution in [-0.4, -0.2) is 92.9 Å². The minimum Gasteiger partial charge on any atom is -0.475 e. The van der Waals surface area contributed by atoms with E-state index in [0.29, 0.717) is 41.8 Å². The quantitative estimate of drug-likeness (QED) is 0.231. The molecule has 0 aliphatic carbocycles. The number of nitrogens with zero attached hydrogens (tertiary/aromatic N) is 3. The maximum Gasteiger partial charge on any atom is 0.490 e. The number of benzene rings is 1. The molecule has 1 aromatic carbocycles. The molecule has 0 spiro atoms. The van der Waals surface area contributed by atoms with E-state index in [2.05, 4.69) is 20.6 Å². The van der Waals surface area contributed by atoms with Crippen molar-refractivity contribution >= 4 is 45.3 Å². The van der Waals surface area contributed by atoms with Gasteiger partial charge < -0.3 is 30.9 Å². The normalized spacial score (nSPS) is 18.7.